The van der Waals surface area contributed by atoms with E-state index in [2.05, 4.69) is 24.0 Å². The molecule has 2 heteroatoms. The van der Waals surface area contributed by atoms with E-state index in [4.69, 9.17) is 11.6 Å². The van der Waals surface area contributed by atoms with Crippen molar-refractivity contribution in [3.05, 3.63) is 53.3 Å². The molecule has 0 saturated heterocycles. The van der Waals surface area contributed by atoms with E-state index < -0.39 is 0 Å². The highest BCUT2D eigenvalue weighted by molar-refractivity contribution is 6.33. The van der Waals surface area contributed by atoms with Crippen molar-refractivity contribution in [2.24, 2.45) is 0 Å². The average molecular weight is 204 g/mol. The number of aromatic nitrogens is 1. The highest BCUT2D eigenvalue weighted by Crippen LogP contribution is 2.28. The third-order valence-corrected chi connectivity index (χ3v) is 2.53. The minimum Gasteiger partial charge on any atom is -0.264 e. The van der Waals surface area contributed by atoms with Crippen LogP contribution in [0.1, 0.15) is 5.56 Å². The molecular formula is C12H10ClN. The van der Waals surface area contributed by atoms with Gasteiger partial charge in [-0.15, -0.1) is 0 Å². The molecule has 0 amide bonds. The molecular weight excluding hydrogens is 194 g/mol. The van der Waals surface area contributed by atoms with Gasteiger partial charge in [0.2, 0.25) is 0 Å². The highest BCUT2D eigenvalue weighted by Gasteiger charge is 2.04. The lowest BCUT2D eigenvalue weighted by atomic mass is 10.0. The van der Waals surface area contributed by atoms with Gasteiger partial charge in [0.05, 0.1) is 5.02 Å². The molecule has 1 heterocycles. The first kappa shape index (κ1) is 9.22. The second-order valence-electron chi connectivity index (χ2n) is 3.17. The summed E-state index contributed by atoms with van der Waals surface area (Å²) >= 11 is 6.09. The lowest BCUT2D eigenvalue weighted by Crippen LogP contribution is -1.84. The molecule has 0 bridgehead atoms. The number of halogens is 1. The second kappa shape index (κ2) is 3.81. The molecule has 0 aliphatic rings. The van der Waals surface area contributed by atoms with Crippen molar-refractivity contribution >= 4 is 11.6 Å². The van der Waals surface area contributed by atoms with E-state index in [1.54, 1.807) is 12.4 Å². The maximum Gasteiger partial charge on any atom is 0.0515 e. The maximum absolute atomic E-state index is 6.09. The van der Waals surface area contributed by atoms with E-state index in [9.17, 15) is 0 Å². The van der Waals surface area contributed by atoms with E-state index in [0.29, 0.717) is 0 Å². The molecule has 0 saturated carbocycles. The number of pyridine rings is 1. The Morgan fingerprint density at radius 3 is 2.57 bits per heavy atom. The Kier molecular flexibility index (Phi) is 2.51. The van der Waals surface area contributed by atoms with Gasteiger partial charge in [-0.1, -0.05) is 35.9 Å². The van der Waals surface area contributed by atoms with Gasteiger partial charge in [-0.2, -0.15) is 0 Å². The lowest BCUT2D eigenvalue weighted by Gasteiger charge is -2.06. The van der Waals surface area contributed by atoms with Crippen molar-refractivity contribution in [3.8, 4) is 11.1 Å². The van der Waals surface area contributed by atoms with Crippen LogP contribution in [-0.2, 0) is 0 Å². The molecule has 0 N–H and O–H groups in total. The predicted octanol–water partition coefficient (Wildman–Crippen LogP) is 3.71. The van der Waals surface area contributed by atoms with Gasteiger partial charge in [0, 0.05) is 18.0 Å². The summed E-state index contributed by atoms with van der Waals surface area (Å²) in [6.07, 6.45) is 3.49. The van der Waals surface area contributed by atoms with Crippen LogP contribution >= 0.6 is 11.6 Å². The van der Waals surface area contributed by atoms with Gasteiger partial charge < -0.3 is 0 Å². The van der Waals surface area contributed by atoms with Crippen LogP contribution in [0.3, 0.4) is 0 Å². The summed E-state index contributed by atoms with van der Waals surface area (Å²) in [4.78, 5) is 4.08. The van der Waals surface area contributed by atoms with Crippen molar-refractivity contribution in [3.63, 3.8) is 0 Å². The standard InChI is InChI=1S/C12H10ClN/c1-9-4-2-3-5-10(9)11-8-14-7-6-12(11)13/h2-8H,1H3. The summed E-state index contributed by atoms with van der Waals surface area (Å²) in [7, 11) is 0. The van der Waals surface area contributed by atoms with Crippen LogP contribution in [0.15, 0.2) is 42.7 Å². The van der Waals surface area contributed by atoms with Gasteiger partial charge in [-0.05, 0) is 24.1 Å². The summed E-state index contributed by atoms with van der Waals surface area (Å²) < 4.78 is 0. The van der Waals surface area contributed by atoms with E-state index in [1.165, 1.54) is 5.56 Å². The van der Waals surface area contributed by atoms with Crippen LogP contribution < -0.4 is 0 Å². The van der Waals surface area contributed by atoms with Crippen LogP contribution in [0, 0.1) is 6.92 Å². The third-order valence-electron chi connectivity index (χ3n) is 2.20. The van der Waals surface area contributed by atoms with Gasteiger partial charge in [-0.3, -0.25) is 4.98 Å². The number of hydrogen-bond donors (Lipinski definition) is 0. The second-order valence-corrected chi connectivity index (χ2v) is 3.58. The Hall–Kier alpha value is -1.34. The van der Waals surface area contributed by atoms with Crippen molar-refractivity contribution in [2.45, 2.75) is 6.92 Å². The van der Waals surface area contributed by atoms with Gasteiger partial charge >= 0.3 is 0 Å². The number of aryl methyl sites for hydroxylation is 1. The van der Waals surface area contributed by atoms with Crippen LogP contribution in [0.2, 0.25) is 5.02 Å². The number of benzene rings is 1. The Balaban J connectivity index is 2.61. The summed E-state index contributed by atoms with van der Waals surface area (Å²) in [5.41, 5.74) is 3.35. The van der Waals surface area contributed by atoms with Gasteiger partial charge in [0.15, 0.2) is 0 Å². The SMILES string of the molecule is Cc1ccccc1-c1cnccc1Cl. The van der Waals surface area contributed by atoms with E-state index in [1.807, 2.05) is 18.2 Å². The zero-order chi connectivity index (χ0) is 9.97. The quantitative estimate of drug-likeness (QED) is 0.689. The van der Waals surface area contributed by atoms with Gasteiger partial charge in [0.25, 0.3) is 0 Å². The summed E-state index contributed by atoms with van der Waals surface area (Å²) in [6, 6.07) is 9.95. The molecule has 14 heavy (non-hydrogen) atoms. The van der Waals surface area contributed by atoms with E-state index in [0.717, 1.165) is 16.1 Å². The molecule has 1 aromatic heterocycles. The minimum atomic E-state index is 0.745. The largest absolute Gasteiger partial charge is 0.264 e. The highest BCUT2D eigenvalue weighted by atomic mass is 35.5. The number of nitrogens with zero attached hydrogens (tertiary/aromatic N) is 1. The fourth-order valence-electron chi connectivity index (χ4n) is 1.45. The first-order valence-electron chi connectivity index (χ1n) is 4.44. The predicted molar refractivity (Wildman–Crippen MR) is 59.4 cm³/mol. The Morgan fingerprint density at radius 2 is 1.86 bits per heavy atom. The molecule has 1 nitrogen and oxygen atoms in total. The molecule has 0 aliphatic heterocycles. The van der Waals surface area contributed by atoms with Crippen molar-refractivity contribution in [1.29, 1.82) is 0 Å². The monoisotopic (exact) mass is 203 g/mol. The van der Waals surface area contributed by atoms with Crippen molar-refractivity contribution in [2.75, 3.05) is 0 Å². The Labute approximate surface area is 88.4 Å². The first-order chi connectivity index (χ1) is 6.79. The molecule has 0 fully saturated rings. The maximum atomic E-state index is 6.09. The topological polar surface area (TPSA) is 12.9 Å². The van der Waals surface area contributed by atoms with Crippen LogP contribution in [0.25, 0.3) is 11.1 Å². The van der Waals surface area contributed by atoms with Crippen molar-refractivity contribution < 1.29 is 0 Å². The zero-order valence-corrected chi connectivity index (χ0v) is 8.62. The van der Waals surface area contributed by atoms with Crippen molar-refractivity contribution in [1.82, 2.24) is 4.98 Å². The zero-order valence-electron chi connectivity index (χ0n) is 7.87. The molecule has 70 valence electrons. The summed E-state index contributed by atoms with van der Waals surface area (Å²) in [5.74, 6) is 0. The Bertz CT molecular complexity index is 408. The normalized spacial score (nSPS) is 10.1. The van der Waals surface area contributed by atoms with Crippen LogP contribution in [0.5, 0.6) is 0 Å². The van der Waals surface area contributed by atoms with Crippen LogP contribution in [0.4, 0.5) is 0 Å². The molecule has 0 radical (unpaired) electrons. The fourth-order valence-corrected chi connectivity index (χ4v) is 1.66. The minimum absolute atomic E-state index is 0.745. The number of rotatable bonds is 1. The number of hydrogen-bond acceptors (Lipinski definition) is 1. The molecule has 0 atom stereocenters. The lowest BCUT2D eigenvalue weighted by molar-refractivity contribution is 1.32. The average Bonchev–Trinajstić information content (AvgIpc) is 2.20. The molecule has 2 rings (SSSR count). The fraction of sp³-hybridized carbons (Fsp3) is 0.0833. The van der Waals surface area contributed by atoms with Gasteiger partial charge in [-0.25, -0.2) is 0 Å². The van der Waals surface area contributed by atoms with Gasteiger partial charge in [0.1, 0.15) is 0 Å². The summed E-state index contributed by atoms with van der Waals surface area (Å²) in [6.45, 7) is 2.07. The first-order valence-corrected chi connectivity index (χ1v) is 4.82. The van der Waals surface area contributed by atoms with E-state index >= 15 is 0 Å². The smallest absolute Gasteiger partial charge is 0.0515 e. The van der Waals surface area contributed by atoms with Crippen LogP contribution in [-0.4, -0.2) is 4.98 Å². The molecule has 2 aromatic rings. The van der Waals surface area contributed by atoms with E-state index in [-0.39, 0.29) is 0 Å². The molecule has 0 spiro atoms. The summed E-state index contributed by atoms with van der Waals surface area (Å²) in [5, 5.41) is 0.745. The molecule has 0 unspecified atom stereocenters. The Morgan fingerprint density at radius 1 is 1.07 bits per heavy atom. The third kappa shape index (κ3) is 1.64. The molecule has 0 aliphatic carbocycles. The molecule has 1 aromatic carbocycles.